The highest BCUT2D eigenvalue weighted by Gasteiger charge is 2.23. The van der Waals surface area contributed by atoms with Crippen LogP contribution in [0.15, 0.2) is 18.2 Å². The summed E-state index contributed by atoms with van der Waals surface area (Å²) in [4.78, 5) is 0. The summed E-state index contributed by atoms with van der Waals surface area (Å²) in [5.74, 6) is 0.448. The van der Waals surface area contributed by atoms with Crippen molar-refractivity contribution < 1.29 is 17.5 Å². The highest BCUT2D eigenvalue weighted by Crippen LogP contribution is 2.31. The van der Waals surface area contributed by atoms with Gasteiger partial charge in [0.25, 0.3) is 0 Å². The van der Waals surface area contributed by atoms with Crippen molar-refractivity contribution in [2.24, 2.45) is 5.92 Å². The lowest BCUT2D eigenvalue weighted by molar-refractivity contribution is 0.285. The molecule has 0 spiro atoms. The van der Waals surface area contributed by atoms with E-state index in [1.54, 1.807) is 19.1 Å². The summed E-state index contributed by atoms with van der Waals surface area (Å²) >= 11 is 0. The molecule has 1 aliphatic carbocycles. The first-order chi connectivity index (χ1) is 10.9. The van der Waals surface area contributed by atoms with Gasteiger partial charge in [0.1, 0.15) is 0 Å². The number of unbranched alkanes of at least 4 members (excludes halogenated alkanes) is 2. The zero-order chi connectivity index (χ0) is 16.9. The maximum atomic E-state index is 13.8. The van der Waals surface area contributed by atoms with Crippen molar-refractivity contribution in [2.75, 3.05) is 12.4 Å². The normalized spacial score (nSPS) is 16.3. The molecule has 0 amide bonds. The smallest absolute Gasteiger partial charge is 0.212 e. The van der Waals surface area contributed by atoms with Crippen molar-refractivity contribution in [1.29, 1.82) is 0 Å². The van der Waals surface area contributed by atoms with E-state index >= 15 is 0 Å². The van der Waals surface area contributed by atoms with Crippen LogP contribution in [0.25, 0.3) is 0 Å². The Balaban J connectivity index is 1.97. The third-order valence-electron chi connectivity index (χ3n) is 4.00. The molecular weight excluding hydrogens is 317 g/mol. The molecule has 130 valence electrons. The lowest BCUT2D eigenvalue weighted by Gasteiger charge is -2.16. The SMILES string of the molecule is CCCCCS(=O)(=O)N[C@H](C)c1ccc(F)c(OCC2CC2)c1. The molecule has 0 unspecified atom stereocenters. The molecule has 1 N–H and O–H groups in total. The van der Waals surface area contributed by atoms with Gasteiger partial charge in [-0.1, -0.05) is 25.8 Å². The molecule has 0 aliphatic heterocycles. The summed E-state index contributed by atoms with van der Waals surface area (Å²) in [5, 5.41) is 0. The first-order valence-corrected chi connectivity index (χ1v) is 9.98. The van der Waals surface area contributed by atoms with Gasteiger partial charge in [0.05, 0.1) is 12.4 Å². The molecule has 0 bridgehead atoms. The van der Waals surface area contributed by atoms with Gasteiger partial charge in [-0.2, -0.15) is 0 Å². The summed E-state index contributed by atoms with van der Waals surface area (Å²) < 4.78 is 46.0. The van der Waals surface area contributed by atoms with Crippen LogP contribution >= 0.6 is 0 Å². The van der Waals surface area contributed by atoms with Gasteiger partial charge in [0.2, 0.25) is 10.0 Å². The van der Waals surface area contributed by atoms with Gasteiger partial charge in [0.15, 0.2) is 11.6 Å². The molecule has 6 heteroatoms. The number of halogens is 1. The third kappa shape index (κ3) is 6.11. The lowest BCUT2D eigenvalue weighted by Crippen LogP contribution is -2.29. The average molecular weight is 343 g/mol. The van der Waals surface area contributed by atoms with Crippen molar-refractivity contribution in [3.05, 3.63) is 29.6 Å². The van der Waals surface area contributed by atoms with Crippen LogP contribution in [0.2, 0.25) is 0 Å². The van der Waals surface area contributed by atoms with Crippen LogP contribution in [0.5, 0.6) is 5.75 Å². The van der Waals surface area contributed by atoms with Crippen LogP contribution < -0.4 is 9.46 Å². The highest BCUT2D eigenvalue weighted by atomic mass is 32.2. The number of hydrogen-bond donors (Lipinski definition) is 1. The topological polar surface area (TPSA) is 55.4 Å². The molecule has 1 aliphatic rings. The Morgan fingerprint density at radius 2 is 2.09 bits per heavy atom. The zero-order valence-corrected chi connectivity index (χ0v) is 14.7. The maximum Gasteiger partial charge on any atom is 0.212 e. The molecule has 0 radical (unpaired) electrons. The Morgan fingerprint density at radius 1 is 1.35 bits per heavy atom. The van der Waals surface area contributed by atoms with Crippen LogP contribution in [-0.4, -0.2) is 20.8 Å². The van der Waals surface area contributed by atoms with E-state index in [4.69, 9.17) is 4.74 Å². The van der Waals surface area contributed by atoms with E-state index < -0.39 is 21.9 Å². The summed E-state index contributed by atoms with van der Waals surface area (Å²) in [6.07, 6.45) is 4.79. The molecule has 1 aromatic carbocycles. The highest BCUT2D eigenvalue weighted by molar-refractivity contribution is 7.89. The predicted octanol–water partition coefficient (Wildman–Crippen LogP) is 3.79. The number of benzene rings is 1. The van der Waals surface area contributed by atoms with Crippen LogP contribution in [-0.2, 0) is 10.0 Å². The Labute approximate surface area is 138 Å². The van der Waals surface area contributed by atoms with Crippen molar-refractivity contribution in [3.63, 3.8) is 0 Å². The van der Waals surface area contributed by atoms with Crippen LogP contribution in [0.4, 0.5) is 4.39 Å². The number of nitrogens with one attached hydrogen (secondary N) is 1. The van der Waals surface area contributed by atoms with Gasteiger partial charge in [-0.15, -0.1) is 0 Å². The number of rotatable bonds is 10. The van der Waals surface area contributed by atoms with Gasteiger partial charge in [-0.3, -0.25) is 0 Å². The van der Waals surface area contributed by atoms with Crippen LogP contribution in [0, 0.1) is 11.7 Å². The van der Waals surface area contributed by atoms with E-state index in [0.29, 0.717) is 24.5 Å². The first-order valence-electron chi connectivity index (χ1n) is 8.33. The fraction of sp³-hybridized carbons (Fsp3) is 0.647. The minimum atomic E-state index is -3.32. The summed E-state index contributed by atoms with van der Waals surface area (Å²) in [6.45, 7) is 4.32. The monoisotopic (exact) mass is 343 g/mol. The molecule has 1 atom stereocenters. The van der Waals surface area contributed by atoms with Gasteiger partial charge >= 0.3 is 0 Å². The minimum Gasteiger partial charge on any atom is -0.490 e. The summed E-state index contributed by atoms with van der Waals surface area (Å²) in [6, 6.07) is 4.11. The van der Waals surface area contributed by atoms with Gasteiger partial charge in [0, 0.05) is 6.04 Å². The van der Waals surface area contributed by atoms with E-state index in [0.717, 1.165) is 25.7 Å². The molecular formula is C17H26FNO3S. The van der Waals surface area contributed by atoms with Crippen molar-refractivity contribution in [3.8, 4) is 5.75 Å². The molecule has 1 aromatic rings. The van der Waals surface area contributed by atoms with Gasteiger partial charge < -0.3 is 4.74 Å². The van der Waals surface area contributed by atoms with E-state index in [9.17, 15) is 12.8 Å². The van der Waals surface area contributed by atoms with Gasteiger partial charge in [-0.05, 0) is 49.8 Å². The fourth-order valence-corrected chi connectivity index (χ4v) is 3.71. The largest absolute Gasteiger partial charge is 0.490 e. The molecule has 1 fully saturated rings. The number of sulfonamides is 1. The minimum absolute atomic E-state index is 0.122. The second kappa shape index (κ2) is 8.11. The summed E-state index contributed by atoms with van der Waals surface area (Å²) in [7, 11) is -3.32. The second-order valence-corrected chi connectivity index (χ2v) is 8.18. The van der Waals surface area contributed by atoms with Crippen molar-refractivity contribution in [2.45, 2.75) is 52.0 Å². The Morgan fingerprint density at radius 3 is 2.74 bits per heavy atom. The van der Waals surface area contributed by atoms with E-state index in [1.807, 2.05) is 6.92 Å². The zero-order valence-electron chi connectivity index (χ0n) is 13.8. The molecule has 1 saturated carbocycles. The fourth-order valence-electron chi connectivity index (χ4n) is 2.33. The number of hydrogen-bond acceptors (Lipinski definition) is 3. The lowest BCUT2D eigenvalue weighted by atomic mass is 10.1. The molecule has 0 heterocycles. The predicted molar refractivity (Wildman–Crippen MR) is 89.5 cm³/mol. The number of ether oxygens (including phenoxy) is 1. The maximum absolute atomic E-state index is 13.8. The van der Waals surface area contributed by atoms with Gasteiger partial charge in [-0.25, -0.2) is 17.5 Å². The summed E-state index contributed by atoms with van der Waals surface area (Å²) in [5.41, 5.74) is 0.705. The second-order valence-electron chi connectivity index (χ2n) is 6.31. The first kappa shape index (κ1) is 18.2. The molecule has 0 saturated heterocycles. The standard InChI is InChI=1S/C17H26FNO3S/c1-3-4-5-10-23(20,21)19-13(2)15-8-9-16(18)17(11-15)22-12-14-6-7-14/h8-9,11,13-14,19H,3-7,10,12H2,1-2H3/t13-/m1/s1. The Kier molecular flexibility index (Phi) is 6.41. The van der Waals surface area contributed by atoms with E-state index in [2.05, 4.69) is 4.72 Å². The van der Waals surface area contributed by atoms with E-state index in [-0.39, 0.29) is 11.5 Å². The van der Waals surface area contributed by atoms with Crippen LogP contribution in [0.1, 0.15) is 57.6 Å². The van der Waals surface area contributed by atoms with Crippen LogP contribution in [0.3, 0.4) is 0 Å². The third-order valence-corrected chi connectivity index (χ3v) is 5.54. The quantitative estimate of drug-likeness (QED) is 0.658. The van der Waals surface area contributed by atoms with Crippen molar-refractivity contribution in [1.82, 2.24) is 4.72 Å². The van der Waals surface area contributed by atoms with Crippen molar-refractivity contribution >= 4 is 10.0 Å². The molecule has 0 aromatic heterocycles. The molecule has 23 heavy (non-hydrogen) atoms. The Hall–Kier alpha value is -1.14. The molecule has 2 rings (SSSR count). The average Bonchev–Trinajstić information content (AvgIpc) is 3.30. The van der Waals surface area contributed by atoms with E-state index in [1.165, 1.54) is 6.07 Å². The Bertz CT molecular complexity index is 614. The molecule has 4 nitrogen and oxygen atoms in total.